The lowest BCUT2D eigenvalue weighted by atomic mass is 9.96. The molecule has 6 heteroatoms. The van der Waals surface area contributed by atoms with Crippen molar-refractivity contribution >= 4 is 21.6 Å². The molecule has 2 rings (SSSR count). The highest BCUT2D eigenvalue weighted by atomic mass is 35.5. The second-order valence-corrected chi connectivity index (χ2v) is 7.33. The Morgan fingerprint density at radius 3 is 2.55 bits per heavy atom. The van der Waals surface area contributed by atoms with Gasteiger partial charge in [-0.15, -0.1) is 0 Å². The van der Waals surface area contributed by atoms with Crippen LogP contribution in [0.4, 0.5) is 0 Å². The lowest BCUT2D eigenvalue weighted by Gasteiger charge is -2.30. The third kappa shape index (κ3) is 2.98. The van der Waals surface area contributed by atoms with Gasteiger partial charge in [0.2, 0.25) is 10.0 Å². The van der Waals surface area contributed by atoms with E-state index < -0.39 is 10.0 Å². The van der Waals surface area contributed by atoms with Crippen molar-refractivity contribution in [2.45, 2.75) is 31.1 Å². The molecule has 4 nitrogen and oxygen atoms in total. The van der Waals surface area contributed by atoms with Crippen LogP contribution in [0.1, 0.15) is 31.7 Å². The number of piperidine rings is 1. The maximum atomic E-state index is 12.6. The maximum Gasteiger partial charge on any atom is 0.244 e. The number of benzene rings is 1. The molecule has 0 radical (unpaired) electrons. The Morgan fingerprint density at radius 1 is 1.40 bits per heavy atom. The fraction of sp³-hybridized carbons (Fsp3) is 0.500. The van der Waals surface area contributed by atoms with Crippen molar-refractivity contribution in [3.8, 4) is 6.07 Å². The van der Waals surface area contributed by atoms with Crippen molar-refractivity contribution in [3.05, 3.63) is 28.8 Å². The molecular formula is C14H17ClN2O2S. The van der Waals surface area contributed by atoms with Crippen molar-refractivity contribution in [1.29, 1.82) is 5.26 Å². The number of nitriles is 1. The zero-order valence-electron chi connectivity index (χ0n) is 11.3. The minimum absolute atomic E-state index is 0.0908. The van der Waals surface area contributed by atoms with Gasteiger partial charge in [-0.05, 0) is 37.0 Å². The summed E-state index contributed by atoms with van der Waals surface area (Å²) in [6.45, 7) is 3.21. The van der Waals surface area contributed by atoms with E-state index in [2.05, 4.69) is 6.92 Å². The van der Waals surface area contributed by atoms with Gasteiger partial charge in [0.15, 0.2) is 0 Å². The van der Waals surface area contributed by atoms with E-state index >= 15 is 0 Å². The Hall–Kier alpha value is -1.09. The number of hydrogen-bond acceptors (Lipinski definition) is 3. The summed E-state index contributed by atoms with van der Waals surface area (Å²) in [7, 11) is -3.56. The van der Waals surface area contributed by atoms with Gasteiger partial charge in [-0.1, -0.05) is 24.9 Å². The van der Waals surface area contributed by atoms with Crippen LogP contribution >= 0.6 is 11.6 Å². The van der Waals surface area contributed by atoms with E-state index in [1.807, 2.05) is 6.07 Å². The van der Waals surface area contributed by atoms with Crippen LogP contribution in [0, 0.1) is 17.2 Å². The SMILES string of the molecule is CCC1CCN(S(=O)(=O)c2ccc(C#N)cc2Cl)CC1. The van der Waals surface area contributed by atoms with Gasteiger partial charge in [0.05, 0.1) is 16.7 Å². The number of rotatable bonds is 3. The van der Waals surface area contributed by atoms with Gasteiger partial charge in [0.25, 0.3) is 0 Å². The van der Waals surface area contributed by atoms with Gasteiger partial charge in [-0.3, -0.25) is 0 Å². The van der Waals surface area contributed by atoms with Crippen LogP contribution in [0.15, 0.2) is 23.1 Å². The summed E-state index contributed by atoms with van der Waals surface area (Å²) in [5, 5.41) is 8.90. The van der Waals surface area contributed by atoms with E-state index in [1.54, 1.807) is 0 Å². The molecule has 1 aromatic rings. The van der Waals surface area contributed by atoms with Crippen molar-refractivity contribution in [3.63, 3.8) is 0 Å². The molecular weight excluding hydrogens is 296 g/mol. The zero-order valence-corrected chi connectivity index (χ0v) is 12.9. The van der Waals surface area contributed by atoms with E-state index in [-0.39, 0.29) is 9.92 Å². The molecule has 1 aliphatic rings. The molecule has 0 spiro atoms. The molecule has 0 N–H and O–H groups in total. The van der Waals surface area contributed by atoms with E-state index in [1.165, 1.54) is 22.5 Å². The Bertz CT molecular complexity index is 629. The monoisotopic (exact) mass is 312 g/mol. The molecule has 0 saturated carbocycles. The molecule has 108 valence electrons. The van der Waals surface area contributed by atoms with Gasteiger partial charge in [-0.2, -0.15) is 9.57 Å². The predicted molar refractivity (Wildman–Crippen MR) is 77.9 cm³/mol. The highest BCUT2D eigenvalue weighted by molar-refractivity contribution is 7.89. The summed E-state index contributed by atoms with van der Waals surface area (Å²) >= 11 is 6.01. The number of nitrogens with zero attached hydrogens (tertiary/aromatic N) is 2. The standard InChI is InChI=1S/C14H17ClN2O2S/c1-2-11-5-7-17(8-6-11)20(18,19)14-4-3-12(10-16)9-13(14)15/h3-4,9,11H,2,5-8H2,1H3. The Kier molecular flexibility index (Phi) is 4.69. The molecule has 20 heavy (non-hydrogen) atoms. The number of hydrogen-bond donors (Lipinski definition) is 0. The summed E-state index contributed by atoms with van der Waals surface area (Å²) in [6.07, 6.45) is 2.87. The largest absolute Gasteiger partial charge is 0.244 e. The highest BCUT2D eigenvalue weighted by Gasteiger charge is 2.30. The smallest absolute Gasteiger partial charge is 0.207 e. The third-order valence-corrected chi connectivity index (χ3v) is 6.21. The normalized spacial score (nSPS) is 17.9. The molecule has 1 aromatic carbocycles. The fourth-order valence-corrected chi connectivity index (χ4v) is 4.46. The fourth-order valence-electron chi connectivity index (χ4n) is 2.48. The lowest BCUT2D eigenvalue weighted by Crippen LogP contribution is -2.38. The van der Waals surface area contributed by atoms with Crippen molar-refractivity contribution in [2.24, 2.45) is 5.92 Å². The molecule has 0 bridgehead atoms. The Morgan fingerprint density at radius 2 is 2.05 bits per heavy atom. The van der Waals surface area contributed by atoms with E-state index in [0.29, 0.717) is 24.6 Å². The van der Waals surface area contributed by atoms with Crippen LogP contribution in [0.5, 0.6) is 0 Å². The first-order chi connectivity index (χ1) is 9.48. The average molecular weight is 313 g/mol. The molecule has 1 saturated heterocycles. The van der Waals surface area contributed by atoms with Crippen molar-refractivity contribution in [1.82, 2.24) is 4.31 Å². The molecule has 0 amide bonds. The number of sulfonamides is 1. The number of halogens is 1. The molecule has 0 atom stereocenters. The van der Waals surface area contributed by atoms with Crippen molar-refractivity contribution in [2.75, 3.05) is 13.1 Å². The van der Waals surface area contributed by atoms with Crippen LogP contribution < -0.4 is 0 Å². The third-order valence-electron chi connectivity index (χ3n) is 3.83. The Balaban J connectivity index is 2.25. The van der Waals surface area contributed by atoms with Crippen LogP contribution in [0.25, 0.3) is 0 Å². The first-order valence-electron chi connectivity index (χ1n) is 6.68. The van der Waals surface area contributed by atoms with Gasteiger partial charge in [0, 0.05) is 13.1 Å². The molecule has 0 aromatic heterocycles. The van der Waals surface area contributed by atoms with Gasteiger partial charge in [-0.25, -0.2) is 8.42 Å². The summed E-state index contributed by atoms with van der Waals surface area (Å²) in [4.78, 5) is 0.0908. The van der Waals surface area contributed by atoms with Crippen LogP contribution in [-0.2, 0) is 10.0 Å². The summed E-state index contributed by atoms with van der Waals surface area (Å²) in [5.74, 6) is 0.609. The zero-order chi connectivity index (χ0) is 14.8. The molecule has 0 unspecified atom stereocenters. The summed E-state index contributed by atoms with van der Waals surface area (Å²) in [6, 6.07) is 6.25. The van der Waals surface area contributed by atoms with Crippen LogP contribution in [0.2, 0.25) is 5.02 Å². The van der Waals surface area contributed by atoms with E-state index in [0.717, 1.165) is 19.3 Å². The average Bonchev–Trinajstić information content (AvgIpc) is 2.46. The molecule has 1 aliphatic heterocycles. The van der Waals surface area contributed by atoms with Crippen LogP contribution in [0.3, 0.4) is 0 Å². The van der Waals surface area contributed by atoms with Gasteiger partial charge >= 0.3 is 0 Å². The minimum Gasteiger partial charge on any atom is -0.207 e. The molecule has 1 heterocycles. The minimum atomic E-state index is -3.56. The molecule has 0 aliphatic carbocycles. The van der Waals surface area contributed by atoms with E-state index in [4.69, 9.17) is 16.9 Å². The first kappa shape index (κ1) is 15.3. The van der Waals surface area contributed by atoms with Crippen LogP contribution in [-0.4, -0.2) is 25.8 Å². The molecule has 1 fully saturated rings. The van der Waals surface area contributed by atoms with E-state index in [9.17, 15) is 8.42 Å². The topological polar surface area (TPSA) is 61.2 Å². The summed E-state index contributed by atoms with van der Waals surface area (Å²) < 4.78 is 26.6. The predicted octanol–water partition coefficient (Wildman–Crippen LogP) is 3.02. The maximum absolute atomic E-state index is 12.6. The lowest BCUT2D eigenvalue weighted by molar-refractivity contribution is 0.269. The van der Waals surface area contributed by atoms with Gasteiger partial charge < -0.3 is 0 Å². The Labute approximate surface area is 125 Å². The highest BCUT2D eigenvalue weighted by Crippen LogP contribution is 2.29. The summed E-state index contributed by atoms with van der Waals surface area (Å²) in [5.41, 5.74) is 0.360. The first-order valence-corrected chi connectivity index (χ1v) is 8.50. The second-order valence-electron chi connectivity index (χ2n) is 5.01. The van der Waals surface area contributed by atoms with Gasteiger partial charge in [0.1, 0.15) is 4.90 Å². The quantitative estimate of drug-likeness (QED) is 0.862. The second kappa shape index (κ2) is 6.13. The van der Waals surface area contributed by atoms with Crippen molar-refractivity contribution < 1.29 is 8.42 Å².